The summed E-state index contributed by atoms with van der Waals surface area (Å²) in [6, 6.07) is 12.8. The Morgan fingerprint density at radius 1 is 1.14 bits per heavy atom. The van der Waals surface area contributed by atoms with E-state index in [9.17, 15) is 9.59 Å². The quantitative estimate of drug-likeness (QED) is 0.595. The van der Waals surface area contributed by atoms with Crippen LogP contribution in [0, 0.1) is 0 Å². The summed E-state index contributed by atoms with van der Waals surface area (Å²) >= 11 is 1.39. The van der Waals surface area contributed by atoms with Crippen LogP contribution in [0.1, 0.15) is 29.8 Å². The molecular formula is C21H22N2O4S. The van der Waals surface area contributed by atoms with E-state index in [2.05, 4.69) is 4.99 Å². The summed E-state index contributed by atoms with van der Waals surface area (Å²) in [6.45, 7) is 4.77. The van der Waals surface area contributed by atoms with Crippen LogP contribution in [0.25, 0.3) is 10.2 Å². The number of nitrogens with zero attached hydrogens (tertiary/aromatic N) is 2. The Kier molecular flexibility index (Phi) is 6.26. The zero-order valence-corrected chi connectivity index (χ0v) is 16.9. The number of thiazole rings is 1. The molecule has 0 aliphatic rings. The summed E-state index contributed by atoms with van der Waals surface area (Å²) in [5.74, 6) is 0.128. The lowest BCUT2D eigenvalue weighted by atomic mass is 10.1. The highest BCUT2D eigenvalue weighted by molar-refractivity contribution is 7.16. The van der Waals surface area contributed by atoms with Gasteiger partial charge in [0.2, 0.25) is 0 Å². The second-order valence-electron chi connectivity index (χ2n) is 6.07. The number of hydrogen-bond donors (Lipinski definition) is 0. The summed E-state index contributed by atoms with van der Waals surface area (Å²) in [5, 5.41) is 0. The molecule has 0 radical (unpaired) electrons. The molecule has 2 aromatic carbocycles. The lowest BCUT2D eigenvalue weighted by Crippen LogP contribution is -2.16. The van der Waals surface area contributed by atoms with Crippen LogP contribution in [0.3, 0.4) is 0 Å². The van der Waals surface area contributed by atoms with Crippen molar-refractivity contribution in [3.8, 4) is 5.75 Å². The zero-order valence-electron chi connectivity index (χ0n) is 16.1. The maximum absolute atomic E-state index is 12.5. The molecule has 3 rings (SSSR count). The fourth-order valence-corrected chi connectivity index (χ4v) is 4.06. The molecule has 1 heterocycles. The van der Waals surface area contributed by atoms with Crippen LogP contribution in [0.5, 0.6) is 5.75 Å². The Balaban J connectivity index is 1.94. The smallest absolute Gasteiger partial charge is 0.338 e. The molecule has 0 atom stereocenters. The minimum absolute atomic E-state index is 0.198. The highest BCUT2D eigenvalue weighted by atomic mass is 32.1. The van der Waals surface area contributed by atoms with Gasteiger partial charge < -0.3 is 14.0 Å². The first-order valence-corrected chi connectivity index (χ1v) is 9.88. The van der Waals surface area contributed by atoms with Crippen molar-refractivity contribution in [2.45, 2.75) is 26.8 Å². The average Bonchev–Trinajstić information content (AvgIpc) is 3.04. The highest BCUT2D eigenvalue weighted by Gasteiger charge is 2.12. The predicted molar refractivity (Wildman–Crippen MR) is 109 cm³/mol. The summed E-state index contributed by atoms with van der Waals surface area (Å²) in [4.78, 5) is 29.4. The monoisotopic (exact) mass is 398 g/mol. The number of aryl methyl sites for hydroxylation is 1. The van der Waals surface area contributed by atoms with Crippen LogP contribution in [-0.4, -0.2) is 30.2 Å². The van der Waals surface area contributed by atoms with E-state index in [1.165, 1.54) is 11.3 Å². The molecule has 7 heteroatoms. The number of rotatable bonds is 6. The molecular weight excluding hydrogens is 376 g/mol. The number of carbonyl (C=O) groups is 2. The van der Waals surface area contributed by atoms with E-state index < -0.39 is 0 Å². The second-order valence-corrected chi connectivity index (χ2v) is 7.07. The number of amides is 1. The number of benzene rings is 2. The number of hydrogen-bond acceptors (Lipinski definition) is 5. The average molecular weight is 398 g/mol. The Labute approximate surface area is 167 Å². The molecule has 0 bridgehead atoms. The van der Waals surface area contributed by atoms with E-state index in [-0.39, 0.29) is 18.3 Å². The fourth-order valence-electron chi connectivity index (χ4n) is 2.91. The number of esters is 1. The SMILES string of the molecule is CCOC(=O)c1ccc2c(c1)sc(=NC(=O)Cc1cccc(OC)c1)n2CC. The van der Waals surface area contributed by atoms with Crippen LogP contribution in [-0.2, 0) is 22.5 Å². The third kappa shape index (κ3) is 4.31. The van der Waals surface area contributed by atoms with Crippen molar-refractivity contribution in [3.63, 3.8) is 0 Å². The second kappa shape index (κ2) is 8.84. The normalized spacial score (nSPS) is 11.6. The minimum Gasteiger partial charge on any atom is -0.497 e. The van der Waals surface area contributed by atoms with Gasteiger partial charge >= 0.3 is 5.97 Å². The number of fused-ring (bicyclic) bond motifs is 1. The van der Waals surface area contributed by atoms with E-state index in [1.54, 1.807) is 26.2 Å². The minimum atomic E-state index is -0.353. The Morgan fingerprint density at radius 2 is 1.96 bits per heavy atom. The predicted octanol–water partition coefficient (Wildman–Crippen LogP) is 3.58. The first kappa shape index (κ1) is 19.8. The molecule has 0 unspecified atom stereocenters. The third-order valence-electron chi connectivity index (χ3n) is 4.22. The van der Waals surface area contributed by atoms with Crippen molar-refractivity contribution < 1.29 is 19.1 Å². The summed E-state index contributed by atoms with van der Waals surface area (Å²) in [5.41, 5.74) is 2.28. The van der Waals surface area contributed by atoms with Gasteiger partial charge in [-0.1, -0.05) is 23.5 Å². The molecule has 146 valence electrons. The first-order chi connectivity index (χ1) is 13.5. The lowest BCUT2D eigenvalue weighted by molar-refractivity contribution is -0.117. The number of methoxy groups -OCH3 is 1. The summed E-state index contributed by atoms with van der Waals surface area (Å²) in [7, 11) is 1.59. The lowest BCUT2D eigenvalue weighted by Gasteiger charge is -2.03. The molecule has 0 N–H and O–H groups in total. The van der Waals surface area contributed by atoms with Gasteiger partial charge in [0.1, 0.15) is 5.75 Å². The maximum Gasteiger partial charge on any atom is 0.338 e. The van der Waals surface area contributed by atoms with Gasteiger partial charge in [-0.3, -0.25) is 4.79 Å². The largest absolute Gasteiger partial charge is 0.497 e. The van der Waals surface area contributed by atoms with Gasteiger partial charge in [0.25, 0.3) is 5.91 Å². The highest BCUT2D eigenvalue weighted by Crippen LogP contribution is 2.20. The zero-order chi connectivity index (χ0) is 20.1. The molecule has 3 aromatic rings. The van der Waals surface area contributed by atoms with Crippen LogP contribution in [0.4, 0.5) is 0 Å². The molecule has 0 aliphatic heterocycles. The third-order valence-corrected chi connectivity index (χ3v) is 5.26. The number of carbonyl (C=O) groups excluding carboxylic acids is 2. The Hall–Kier alpha value is -2.93. The van der Waals surface area contributed by atoms with E-state index in [1.807, 2.05) is 41.8 Å². The molecule has 0 aliphatic carbocycles. The molecule has 6 nitrogen and oxygen atoms in total. The standard InChI is InChI=1S/C21H22N2O4S/c1-4-23-17-10-9-15(20(25)27-5-2)13-18(17)28-21(23)22-19(24)12-14-7-6-8-16(11-14)26-3/h6-11,13H,4-5,12H2,1-3H3. The Bertz CT molecular complexity index is 1080. The number of ether oxygens (including phenoxy) is 2. The van der Waals surface area contributed by atoms with Gasteiger partial charge in [-0.2, -0.15) is 4.99 Å². The van der Waals surface area contributed by atoms with Crippen molar-refractivity contribution in [1.82, 2.24) is 4.57 Å². The Morgan fingerprint density at radius 3 is 2.68 bits per heavy atom. The van der Waals surface area contributed by atoms with Gasteiger partial charge in [0.05, 0.1) is 35.9 Å². The van der Waals surface area contributed by atoms with Crippen LogP contribution in [0.2, 0.25) is 0 Å². The maximum atomic E-state index is 12.5. The van der Waals surface area contributed by atoms with E-state index in [0.29, 0.717) is 29.3 Å². The molecule has 0 saturated carbocycles. The summed E-state index contributed by atoms with van der Waals surface area (Å²) in [6.07, 6.45) is 0.198. The topological polar surface area (TPSA) is 69.9 Å². The van der Waals surface area contributed by atoms with E-state index in [0.717, 1.165) is 15.8 Å². The van der Waals surface area contributed by atoms with Gasteiger partial charge in [0, 0.05) is 6.54 Å². The van der Waals surface area contributed by atoms with Gasteiger partial charge in [0.15, 0.2) is 4.80 Å². The van der Waals surface area contributed by atoms with Crippen molar-refractivity contribution in [3.05, 3.63) is 58.4 Å². The van der Waals surface area contributed by atoms with Gasteiger partial charge in [-0.25, -0.2) is 4.79 Å². The van der Waals surface area contributed by atoms with Gasteiger partial charge in [-0.05, 0) is 49.7 Å². The molecule has 0 fully saturated rings. The van der Waals surface area contributed by atoms with Crippen LogP contribution < -0.4 is 9.54 Å². The summed E-state index contributed by atoms with van der Waals surface area (Å²) < 4.78 is 13.1. The molecule has 0 spiro atoms. The van der Waals surface area contributed by atoms with E-state index >= 15 is 0 Å². The van der Waals surface area contributed by atoms with Crippen LogP contribution >= 0.6 is 11.3 Å². The molecule has 0 saturated heterocycles. The van der Waals surface area contributed by atoms with Crippen LogP contribution in [0.15, 0.2) is 47.5 Å². The van der Waals surface area contributed by atoms with Crippen molar-refractivity contribution in [2.75, 3.05) is 13.7 Å². The molecule has 28 heavy (non-hydrogen) atoms. The number of aromatic nitrogens is 1. The van der Waals surface area contributed by atoms with Gasteiger partial charge in [-0.15, -0.1) is 0 Å². The molecule has 1 aromatic heterocycles. The fraction of sp³-hybridized carbons (Fsp3) is 0.286. The van der Waals surface area contributed by atoms with E-state index in [4.69, 9.17) is 9.47 Å². The first-order valence-electron chi connectivity index (χ1n) is 9.06. The van der Waals surface area contributed by atoms with Crippen molar-refractivity contribution in [1.29, 1.82) is 0 Å². The van der Waals surface area contributed by atoms with Crippen molar-refractivity contribution in [2.24, 2.45) is 4.99 Å². The van der Waals surface area contributed by atoms with Crippen molar-refractivity contribution >= 4 is 33.4 Å². The molecule has 1 amide bonds.